The highest BCUT2D eigenvalue weighted by atomic mass is 16.5. The maximum absolute atomic E-state index is 12.7. The van der Waals surface area contributed by atoms with Gasteiger partial charge in [0.15, 0.2) is 0 Å². The number of pyridine rings is 2. The molecule has 0 aliphatic heterocycles. The first-order chi connectivity index (χ1) is 13.9. The van der Waals surface area contributed by atoms with Crippen molar-refractivity contribution in [2.75, 3.05) is 20.0 Å². The van der Waals surface area contributed by atoms with E-state index < -0.39 is 0 Å². The van der Waals surface area contributed by atoms with E-state index in [1.165, 1.54) is 4.57 Å². The first-order valence-corrected chi connectivity index (χ1v) is 8.94. The monoisotopic (exact) mass is 391 g/mol. The third-order valence-corrected chi connectivity index (χ3v) is 4.90. The fourth-order valence-corrected chi connectivity index (χ4v) is 3.38. The molecule has 8 heteroatoms. The average Bonchev–Trinajstić information content (AvgIpc) is 3.17. The predicted octanol–water partition coefficient (Wildman–Crippen LogP) is 2.60. The fraction of sp³-hybridized carbons (Fsp3) is 0.190. The molecule has 0 unspecified atom stereocenters. The summed E-state index contributed by atoms with van der Waals surface area (Å²) >= 11 is 0. The summed E-state index contributed by atoms with van der Waals surface area (Å²) in [6, 6.07) is 7.42. The lowest BCUT2D eigenvalue weighted by Gasteiger charge is -2.15. The number of benzene rings is 1. The van der Waals surface area contributed by atoms with Crippen molar-refractivity contribution in [2.24, 2.45) is 14.1 Å². The summed E-state index contributed by atoms with van der Waals surface area (Å²) in [5, 5.41) is 5.69. The summed E-state index contributed by atoms with van der Waals surface area (Å²) in [4.78, 5) is 17.1. The Morgan fingerprint density at radius 2 is 1.69 bits per heavy atom. The van der Waals surface area contributed by atoms with Crippen LogP contribution >= 0.6 is 0 Å². The smallest absolute Gasteiger partial charge is 0.259 e. The van der Waals surface area contributed by atoms with Crippen LogP contribution in [-0.2, 0) is 14.1 Å². The second-order valence-electron chi connectivity index (χ2n) is 6.74. The Kier molecular flexibility index (Phi) is 4.46. The molecule has 0 spiro atoms. The molecular formula is C21H21N5O3. The largest absolute Gasteiger partial charge is 0.494 e. The molecule has 4 aromatic rings. The molecule has 0 saturated carbocycles. The summed E-state index contributed by atoms with van der Waals surface area (Å²) in [5.41, 5.74) is 9.44. The Morgan fingerprint density at radius 3 is 2.28 bits per heavy atom. The van der Waals surface area contributed by atoms with Gasteiger partial charge in [-0.3, -0.25) is 14.5 Å². The molecule has 0 bridgehead atoms. The van der Waals surface area contributed by atoms with Crippen LogP contribution in [0.1, 0.15) is 0 Å². The normalized spacial score (nSPS) is 11.0. The van der Waals surface area contributed by atoms with Crippen LogP contribution in [0.4, 0.5) is 5.69 Å². The van der Waals surface area contributed by atoms with Crippen LogP contribution in [0.5, 0.6) is 11.5 Å². The number of nitrogen functional groups attached to an aromatic ring is 1. The lowest BCUT2D eigenvalue weighted by molar-refractivity contribution is 0.399. The number of aromatic nitrogens is 4. The maximum atomic E-state index is 12.7. The highest BCUT2D eigenvalue weighted by Gasteiger charge is 2.16. The lowest BCUT2D eigenvalue weighted by atomic mass is 9.99. The van der Waals surface area contributed by atoms with Crippen LogP contribution < -0.4 is 20.8 Å². The zero-order chi connectivity index (χ0) is 20.7. The van der Waals surface area contributed by atoms with Crippen molar-refractivity contribution in [3.8, 4) is 34.0 Å². The third-order valence-electron chi connectivity index (χ3n) is 4.90. The molecule has 0 amide bonds. The second-order valence-corrected chi connectivity index (χ2v) is 6.74. The van der Waals surface area contributed by atoms with Crippen molar-refractivity contribution in [2.45, 2.75) is 0 Å². The second kappa shape index (κ2) is 6.97. The standard InChI is InChI=1S/C21H21N5O3/c1-25-11-15(12-7-18(28-3)20(22)19(8-12)29-4)13-9-17(16-5-6-26(2)24-16)23-10-14(13)21(25)27/h5-11H,22H2,1-4H3. The van der Waals surface area contributed by atoms with E-state index in [4.69, 9.17) is 15.2 Å². The number of fused-ring (bicyclic) bond motifs is 1. The molecule has 0 saturated heterocycles. The maximum Gasteiger partial charge on any atom is 0.259 e. The van der Waals surface area contributed by atoms with E-state index >= 15 is 0 Å². The zero-order valence-electron chi connectivity index (χ0n) is 16.6. The Labute approximate surface area is 167 Å². The minimum Gasteiger partial charge on any atom is -0.494 e. The summed E-state index contributed by atoms with van der Waals surface area (Å²) < 4.78 is 14.1. The van der Waals surface area contributed by atoms with Crippen molar-refractivity contribution in [3.05, 3.63) is 53.2 Å². The van der Waals surface area contributed by atoms with Crippen molar-refractivity contribution in [1.29, 1.82) is 0 Å². The van der Waals surface area contributed by atoms with Crippen molar-refractivity contribution in [3.63, 3.8) is 0 Å². The number of nitrogens with two attached hydrogens (primary N) is 1. The summed E-state index contributed by atoms with van der Waals surface area (Å²) in [6.45, 7) is 0. The highest BCUT2D eigenvalue weighted by molar-refractivity contribution is 5.98. The lowest BCUT2D eigenvalue weighted by Crippen LogP contribution is -2.17. The van der Waals surface area contributed by atoms with Gasteiger partial charge in [0, 0.05) is 43.6 Å². The number of nitrogens with zero attached hydrogens (tertiary/aromatic N) is 4. The quantitative estimate of drug-likeness (QED) is 0.537. The molecule has 3 aromatic heterocycles. The fourth-order valence-electron chi connectivity index (χ4n) is 3.38. The van der Waals surface area contributed by atoms with Crippen molar-refractivity contribution < 1.29 is 9.47 Å². The molecule has 2 N–H and O–H groups in total. The van der Waals surface area contributed by atoms with Gasteiger partial charge in [0.05, 0.1) is 25.3 Å². The zero-order valence-corrected chi connectivity index (χ0v) is 16.6. The molecule has 3 heterocycles. The van der Waals surface area contributed by atoms with Gasteiger partial charge in [-0.1, -0.05) is 0 Å². The Balaban J connectivity index is 2.03. The number of hydrogen-bond donors (Lipinski definition) is 1. The Morgan fingerprint density at radius 1 is 1.00 bits per heavy atom. The van der Waals surface area contributed by atoms with Gasteiger partial charge in [-0.25, -0.2) is 0 Å². The molecular weight excluding hydrogens is 370 g/mol. The molecule has 0 aliphatic carbocycles. The summed E-state index contributed by atoms with van der Waals surface area (Å²) in [5.74, 6) is 1.00. The number of ether oxygens (including phenoxy) is 2. The predicted molar refractivity (Wildman–Crippen MR) is 112 cm³/mol. The van der Waals surface area contributed by atoms with E-state index in [0.29, 0.717) is 28.3 Å². The van der Waals surface area contributed by atoms with Gasteiger partial charge >= 0.3 is 0 Å². The van der Waals surface area contributed by atoms with E-state index in [2.05, 4.69) is 10.1 Å². The highest BCUT2D eigenvalue weighted by Crippen LogP contribution is 2.39. The molecule has 0 atom stereocenters. The molecule has 29 heavy (non-hydrogen) atoms. The van der Waals surface area contributed by atoms with Gasteiger partial charge in [0.25, 0.3) is 5.56 Å². The summed E-state index contributed by atoms with van der Waals surface area (Å²) in [7, 11) is 6.66. The van der Waals surface area contributed by atoms with Gasteiger partial charge in [-0.05, 0) is 29.8 Å². The first-order valence-electron chi connectivity index (χ1n) is 8.94. The van der Waals surface area contributed by atoms with E-state index in [1.54, 1.807) is 38.3 Å². The molecule has 1 aromatic carbocycles. The molecule has 0 aliphatic rings. The number of anilines is 1. The van der Waals surface area contributed by atoms with Gasteiger partial charge in [0.2, 0.25) is 0 Å². The Bertz CT molecular complexity index is 1260. The van der Waals surface area contributed by atoms with E-state index in [9.17, 15) is 4.79 Å². The minimum absolute atomic E-state index is 0.127. The number of rotatable bonds is 4. The van der Waals surface area contributed by atoms with Crippen LogP contribution in [0.3, 0.4) is 0 Å². The molecule has 148 valence electrons. The van der Waals surface area contributed by atoms with Crippen LogP contribution in [-0.4, -0.2) is 33.6 Å². The van der Waals surface area contributed by atoms with Gasteiger partial charge in [-0.2, -0.15) is 5.10 Å². The number of hydrogen-bond acceptors (Lipinski definition) is 6. The first kappa shape index (κ1) is 18.5. The van der Waals surface area contributed by atoms with Crippen LogP contribution in [0.25, 0.3) is 33.3 Å². The van der Waals surface area contributed by atoms with Crippen molar-refractivity contribution >= 4 is 16.5 Å². The molecule has 0 radical (unpaired) electrons. The van der Waals surface area contributed by atoms with Gasteiger partial charge in [0.1, 0.15) is 22.9 Å². The van der Waals surface area contributed by atoms with Crippen LogP contribution in [0.2, 0.25) is 0 Å². The average molecular weight is 391 g/mol. The van der Waals surface area contributed by atoms with Gasteiger partial charge < -0.3 is 19.8 Å². The number of methoxy groups -OCH3 is 2. The van der Waals surface area contributed by atoms with Crippen molar-refractivity contribution in [1.82, 2.24) is 19.3 Å². The SMILES string of the molecule is COc1cc(-c2cn(C)c(=O)c3cnc(-c4ccn(C)n4)cc23)cc(OC)c1N. The van der Waals surface area contributed by atoms with Crippen LogP contribution in [0.15, 0.2) is 47.7 Å². The third kappa shape index (κ3) is 3.08. The minimum atomic E-state index is -0.127. The number of aryl methyl sites for hydroxylation is 2. The summed E-state index contributed by atoms with van der Waals surface area (Å²) in [6.07, 6.45) is 5.23. The van der Waals surface area contributed by atoms with E-state index in [-0.39, 0.29) is 5.56 Å². The Hall–Kier alpha value is -3.81. The molecule has 4 rings (SSSR count). The molecule has 0 fully saturated rings. The van der Waals surface area contributed by atoms with E-state index in [0.717, 1.165) is 22.2 Å². The van der Waals surface area contributed by atoms with Gasteiger partial charge in [-0.15, -0.1) is 0 Å². The molecule has 8 nitrogen and oxygen atoms in total. The topological polar surface area (TPSA) is 97.2 Å². The van der Waals surface area contributed by atoms with Crippen LogP contribution in [0, 0.1) is 0 Å². The van der Waals surface area contributed by atoms with E-state index in [1.807, 2.05) is 37.5 Å².